The third-order valence-electron chi connectivity index (χ3n) is 3.45. The molecule has 1 aliphatic rings. The molecule has 1 aromatic rings. The number of aliphatic carboxylic acids is 1. The number of carboxylic acids is 1. The van der Waals surface area contributed by atoms with E-state index in [1.54, 1.807) is 17.2 Å². The molecular weight excluding hydrogens is 280 g/mol. The molecule has 2 rings (SSSR count). The van der Waals surface area contributed by atoms with Gasteiger partial charge in [-0.3, -0.25) is 14.5 Å². The Morgan fingerprint density at radius 3 is 2.60 bits per heavy atom. The number of nitrogens with zero attached hydrogens (tertiary/aromatic N) is 3. The van der Waals surface area contributed by atoms with Crippen LogP contribution in [0.2, 0.25) is 0 Å². The maximum Gasteiger partial charge on any atom is 0.320 e. The van der Waals surface area contributed by atoms with Crippen molar-refractivity contribution in [2.75, 3.05) is 26.2 Å². The van der Waals surface area contributed by atoms with E-state index in [0.29, 0.717) is 38.4 Å². The quantitative estimate of drug-likeness (QED) is 0.801. The van der Waals surface area contributed by atoms with Gasteiger partial charge in [0, 0.05) is 38.1 Å². The maximum atomic E-state index is 12.2. The second-order valence-corrected chi connectivity index (χ2v) is 5.62. The van der Waals surface area contributed by atoms with E-state index in [2.05, 4.69) is 4.98 Å². The SMILES string of the molecule is CC(C(=O)O)N1CCN(C(=O)c2csc(CN)n2)CC1. The highest BCUT2D eigenvalue weighted by atomic mass is 32.1. The highest BCUT2D eigenvalue weighted by molar-refractivity contribution is 7.09. The molecule has 0 spiro atoms. The summed E-state index contributed by atoms with van der Waals surface area (Å²) in [5, 5.41) is 11.4. The summed E-state index contributed by atoms with van der Waals surface area (Å²) < 4.78 is 0. The van der Waals surface area contributed by atoms with Gasteiger partial charge in [-0.1, -0.05) is 0 Å². The molecule has 1 amide bonds. The Bertz CT molecular complexity index is 497. The number of thiazole rings is 1. The Morgan fingerprint density at radius 2 is 2.10 bits per heavy atom. The summed E-state index contributed by atoms with van der Waals surface area (Å²) in [6.07, 6.45) is 0. The average molecular weight is 298 g/mol. The standard InChI is InChI=1S/C12H18N4O3S/c1-8(12(18)19)15-2-4-16(5-3-15)11(17)9-7-20-10(6-13)14-9/h7-8H,2-6,13H2,1H3,(H,18,19). The number of amides is 1. The second kappa shape index (κ2) is 6.29. The van der Waals surface area contributed by atoms with Crippen molar-refractivity contribution in [1.82, 2.24) is 14.8 Å². The van der Waals surface area contributed by atoms with Crippen LogP contribution in [0.4, 0.5) is 0 Å². The molecule has 110 valence electrons. The van der Waals surface area contributed by atoms with Crippen molar-refractivity contribution in [3.63, 3.8) is 0 Å². The van der Waals surface area contributed by atoms with Crippen molar-refractivity contribution >= 4 is 23.2 Å². The monoisotopic (exact) mass is 298 g/mol. The van der Waals surface area contributed by atoms with Crippen LogP contribution in [0.1, 0.15) is 22.4 Å². The number of carbonyl (C=O) groups is 2. The van der Waals surface area contributed by atoms with Crippen LogP contribution in [0.5, 0.6) is 0 Å². The highest BCUT2D eigenvalue weighted by Gasteiger charge is 2.28. The summed E-state index contributed by atoms with van der Waals surface area (Å²) in [6.45, 7) is 4.16. The van der Waals surface area contributed by atoms with Crippen molar-refractivity contribution < 1.29 is 14.7 Å². The zero-order valence-electron chi connectivity index (χ0n) is 11.3. The predicted molar refractivity (Wildman–Crippen MR) is 74.6 cm³/mol. The Kier molecular flexibility index (Phi) is 4.69. The molecule has 1 saturated heterocycles. The van der Waals surface area contributed by atoms with E-state index in [1.807, 2.05) is 4.90 Å². The van der Waals surface area contributed by atoms with Crippen LogP contribution < -0.4 is 5.73 Å². The first-order chi connectivity index (χ1) is 9.52. The van der Waals surface area contributed by atoms with Crippen LogP contribution in [0.15, 0.2) is 5.38 Å². The molecule has 1 unspecified atom stereocenters. The zero-order chi connectivity index (χ0) is 14.7. The lowest BCUT2D eigenvalue weighted by molar-refractivity contribution is -0.143. The van der Waals surface area contributed by atoms with Crippen LogP contribution in [0.25, 0.3) is 0 Å². The van der Waals surface area contributed by atoms with Gasteiger partial charge in [0.25, 0.3) is 5.91 Å². The van der Waals surface area contributed by atoms with Gasteiger partial charge in [-0.05, 0) is 6.92 Å². The molecular formula is C12H18N4O3S. The van der Waals surface area contributed by atoms with E-state index >= 15 is 0 Å². The van der Waals surface area contributed by atoms with E-state index in [-0.39, 0.29) is 5.91 Å². The summed E-state index contributed by atoms with van der Waals surface area (Å²) in [5.74, 6) is -0.944. The minimum Gasteiger partial charge on any atom is -0.480 e. The first-order valence-corrected chi connectivity index (χ1v) is 7.31. The molecule has 0 saturated carbocycles. The molecule has 0 bridgehead atoms. The first-order valence-electron chi connectivity index (χ1n) is 6.43. The molecule has 1 atom stereocenters. The number of rotatable bonds is 4. The van der Waals surface area contributed by atoms with Crippen molar-refractivity contribution in [1.29, 1.82) is 0 Å². The number of carboxylic acid groups (broad SMARTS) is 1. The van der Waals surface area contributed by atoms with Gasteiger partial charge in [-0.15, -0.1) is 11.3 Å². The number of hydrogen-bond donors (Lipinski definition) is 2. The van der Waals surface area contributed by atoms with Gasteiger partial charge in [-0.2, -0.15) is 0 Å². The average Bonchev–Trinajstić information content (AvgIpc) is 2.94. The molecule has 1 aromatic heterocycles. The lowest BCUT2D eigenvalue weighted by atomic mass is 10.2. The smallest absolute Gasteiger partial charge is 0.320 e. The summed E-state index contributed by atoms with van der Waals surface area (Å²) >= 11 is 1.38. The molecule has 0 aliphatic carbocycles. The van der Waals surface area contributed by atoms with E-state index < -0.39 is 12.0 Å². The van der Waals surface area contributed by atoms with Crippen molar-refractivity contribution in [3.8, 4) is 0 Å². The van der Waals surface area contributed by atoms with Crippen molar-refractivity contribution in [2.24, 2.45) is 5.73 Å². The molecule has 0 aromatic carbocycles. The van der Waals surface area contributed by atoms with Crippen LogP contribution in [-0.4, -0.2) is 64.0 Å². The van der Waals surface area contributed by atoms with Crippen LogP contribution in [-0.2, 0) is 11.3 Å². The lowest BCUT2D eigenvalue weighted by Gasteiger charge is -2.36. The van der Waals surface area contributed by atoms with Gasteiger partial charge in [0.1, 0.15) is 16.7 Å². The van der Waals surface area contributed by atoms with Gasteiger partial charge in [0.2, 0.25) is 0 Å². The van der Waals surface area contributed by atoms with Gasteiger partial charge in [0.15, 0.2) is 0 Å². The van der Waals surface area contributed by atoms with Crippen LogP contribution in [0, 0.1) is 0 Å². The predicted octanol–water partition coefficient (Wildman–Crippen LogP) is -0.167. The summed E-state index contributed by atoms with van der Waals surface area (Å²) in [7, 11) is 0. The highest BCUT2D eigenvalue weighted by Crippen LogP contribution is 2.14. The minimum atomic E-state index is -0.836. The first kappa shape index (κ1) is 14.9. The fraction of sp³-hybridized carbons (Fsp3) is 0.583. The normalized spacial score (nSPS) is 18.0. The topological polar surface area (TPSA) is 99.8 Å². The molecule has 0 radical (unpaired) electrons. The largest absolute Gasteiger partial charge is 0.480 e. The Labute approximate surface area is 121 Å². The number of aromatic nitrogens is 1. The summed E-state index contributed by atoms with van der Waals surface area (Å²) in [4.78, 5) is 30.9. The van der Waals surface area contributed by atoms with Gasteiger partial charge < -0.3 is 15.7 Å². The van der Waals surface area contributed by atoms with Crippen molar-refractivity contribution in [2.45, 2.75) is 19.5 Å². The molecule has 2 heterocycles. The lowest BCUT2D eigenvalue weighted by Crippen LogP contribution is -2.53. The molecule has 20 heavy (non-hydrogen) atoms. The van der Waals surface area contributed by atoms with Gasteiger partial charge >= 0.3 is 5.97 Å². The van der Waals surface area contributed by atoms with E-state index in [1.165, 1.54) is 11.3 Å². The third-order valence-corrected chi connectivity index (χ3v) is 4.32. The Hall–Kier alpha value is -1.51. The summed E-state index contributed by atoms with van der Waals surface area (Å²) in [6, 6.07) is -0.518. The van der Waals surface area contributed by atoms with Crippen LogP contribution >= 0.6 is 11.3 Å². The second-order valence-electron chi connectivity index (χ2n) is 4.67. The molecule has 1 fully saturated rings. The number of hydrogen-bond acceptors (Lipinski definition) is 6. The maximum absolute atomic E-state index is 12.2. The molecule has 3 N–H and O–H groups in total. The molecule has 8 heteroatoms. The van der Waals surface area contributed by atoms with Gasteiger partial charge in [0.05, 0.1) is 0 Å². The molecule has 7 nitrogen and oxygen atoms in total. The summed E-state index contributed by atoms with van der Waals surface area (Å²) in [5.41, 5.74) is 5.91. The van der Waals surface area contributed by atoms with Gasteiger partial charge in [-0.25, -0.2) is 4.98 Å². The zero-order valence-corrected chi connectivity index (χ0v) is 12.1. The fourth-order valence-electron chi connectivity index (χ4n) is 2.13. The fourth-order valence-corrected chi connectivity index (χ4v) is 2.78. The minimum absolute atomic E-state index is 0.108. The van der Waals surface area contributed by atoms with E-state index in [0.717, 1.165) is 5.01 Å². The van der Waals surface area contributed by atoms with Crippen molar-refractivity contribution in [3.05, 3.63) is 16.1 Å². The number of carbonyl (C=O) groups excluding carboxylic acids is 1. The number of nitrogens with two attached hydrogens (primary N) is 1. The van der Waals surface area contributed by atoms with E-state index in [4.69, 9.17) is 10.8 Å². The van der Waals surface area contributed by atoms with Crippen LogP contribution in [0.3, 0.4) is 0 Å². The molecule has 1 aliphatic heterocycles. The third kappa shape index (κ3) is 3.14. The Morgan fingerprint density at radius 1 is 1.45 bits per heavy atom. The number of piperazine rings is 1. The Balaban J connectivity index is 1.93. The van der Waals surface area contributed by atoms with E-state index in [9.17, 15) is 9.59 Å².